The molecule has 0 radical (unpaired) electrons. The van der Waals surface area contributed by atoms with E-state index in [1.54, 1.807) is 29.3 Å². The molecule has 0 saturated carbocycles. The Morgan fingerprint density at radius 3 is 2.65 bits per heavy atom. The van der Waals surface area contributed by atoms with Crippen LogP contribution >= 0.6 is 0 Å². The first kappa shape index (κ1) is 18.1. The number of carbonyl (C=O) groups excluding carboxylic acids is 1. The number of hydrogen-bond donors (Lipinski definition) is 0. The normalized spacial score (nSPS) is 17.2. The maximum atomic E-state index is 12.7. The van der Waals surface area contributed by atoms with Gasteiger partial charge in [0, 0.05) is 24.9 Å². The van der Waals surface area contributed by atoms with Crippen LogP contribution in [0.25, 0.3) is 0 Å². The lowest BCUT2D eigenvalue weighted by Crippen LogP contribution is -2.44. The number of amides is 1. The van der Waals surface area contributed by atoms with Gasteiger partial charge in [-0.3, -0.25) is 4.79 Å². The van der Waals surface area contributed by atoms with Gasteiger partial charge in [0.25, 0.3) is 5.91 Å². The van der Waals surface area contributed by atoms with E-state index in [2.05, 4.69) is 15.2 Å². The highest BCUT2D eigenvalue weighted by Crippen LogP contribution is 2.19. The summed E-state index contributed by atoms with van der Waals surface area (Å²) in [6, 6.07) is 7.15. The van der Waals surface area contributed by atoms with Crippen molar-refractivity contribution in [3.8, 4) is 11.8 Å². The molecule has 0 aliphatic carbocycles. The topological polar surface area (TPSA) is 77.4 Å². The van der Waals surface area contributed by atoms with Crippen molar-refractivity contribution >= 4 is 5.91 Å². The average molecular weight is 356 g/mol. The number of likely N-dealkylation sites (tertiary alicyclic amines) is 1. The highest BCUT2D eigenvalue weighted by molar-refractivity contribution is 5.94. The zero-order chi connectivity index (χ0) is 18.5. The fraction of sp³-hybridized carbons (Fsp3) is 0.474. The number of rotatable bonds is 5. The van der Waals surface area contributed by atoms with E-state index in [-0.39, 0.29) is 18.1 Å². The van der Waals surface area contributed by atoms with E-state index in [1.165, 1.54) is 0 Å². The third kappa shape index (κ3) is 4.68. The lowest BCUT2D eigenvalue weighted by molar-refractivity contribution is 0.0525. The van der Waals surface area contributed by atoms with Gasteiger partial charge in [-0.05, 0) is 45.7 Å². The van der Waals surface area contributed by atoms with E-state index in [0.29, 0.717) is 30.4 Å². The van der Waals surface area contributed by atoms with Crippen LogP contribution in [0.5, 0.6) is 11.8 Å². The molecule has 0 aromatic carbocycles. The number of pyridine rings is 1. The first-order valence-electron chi connectivity index (χ1n) is 8.90. The van der Waals surface area contributed by atoms with Gasteiger partial charge < -0.3 is 14.4 Å². The Morgan fingerprint density at radius 2 is 2.00 bits per heavy atom. The van der Waals surface area contributed by atoms with Gasteiger partial charge in [0.05, 0.1) is 23.9 Å². The molecule has 138 valence electrons. The summed E-state index contributed by atoms with van der Waals surface area (Å²) >= 11 is 0. The molecule has 1 saturated heterocycles. The summed E-state index contributed by atoms with van der Waals surface area (Å²) in [5.41, 5.74) is 1.40. The van der Waals surface area contributed by atoms with Gasteiger partial charge in [-0.25, -0.2) is 4.98 Å². The first-order chi connectivity index (χ1) is 12.5. The molecule has 1 amide bonds. The summed E-state index contributed by atoms with van der Waals surface area (Å²) in [4.78, 5) is 18.7. The highest BCUT2D eigenvalue weighted by Gasteiger charge is 2.26. The fourth-order valence-electron chi connectivity index (χ4n) is 2.84. The average Bonchev–Trinajstić information content (AvgIpc) is 2.63. The number of piperidine rings is 1. The summed E-state index contributed by atoms with van der Waals surface area (Å²) in [7, 11) is 0. The predicted octanol–water partition coefficient (Wildman–Crippen LogP) is 2.65. The SMILES string of the molecule is Cc1ccc(OC2CCCN(C(=O)c3ccc(OC(C)C)nc3)C2)nn1. The summed E-state index contributed by atoms with van der Waals surface area (Å²) < 4.78 is 11.4. The largest absolute Gasteiger partial charge is 0.475 e. The lowest BCUT2D eigenvalue weighted by Gasteiger charge is -2.32. The van der Waals surface area contributed by atoms with E-state index >= 15 is 0 Å². The number of aromatic nitrogens is 3. The van der Waals surface area contributed by atoms with Crippen LogP contribution in [0.1, 0.15) is 42.7 Å². The minimum Gasteiger partial charge on any atom is -0.475 e. The molecule has 2 aromatic heterocycles. The van der Waals surface area contributed by atoms with Crippen molar-refractivity contribution in [3.63, 3.8) is 0 Å². The molecule has 0 spiro atoms. The van der Waals surface area contributed by atoms with Gasteiger partial charge in [0.15, 0.2) is 0 Å². The van der Waals surface area contributed by atoms with Crippen molar-refractivity contribution in [1.29, 1.82) is 0 Å². The maximum Gasteiger partial charge on any atom is 0.255 e. The summed E-state index contributed by atoms with van der Waals surface area (Å²) in [5.74, 6) is 0.970. The molecule has 0 bridgehead atoms. The molecule has 1 aliphatic heterocycles. The Kier molecular flexibility index (Phi) is 5.65. The van der Waals surface area contributed by atoms with Gasteiger partial charge in [-0.1, -0.05) is 0 Å². The van der Waals surface area contributed by atoms with E-state index in [9.17, 15) is 4.79 Å². The zero-order valence-corrected chi connectivity index (χ0v) is 15.4. The van der Waals surface area contributed by atoms with Crippen LogP contribution in [-0.2, 0) is 0 Å². The van der Waals surface area contributed by atoms with Gasteiger partial charge in [0.1, 0.15) is 6.10 Å². The standard InChI is InChI=1S/C19H24N4O3/c1-13(2)25-17-9-7-15(11-20-17)19(24)23-10-4-5-16(12-23)26-18-8-6-14(3)21-22-18/h6-9,11,13,16H,4-5,10,12H2,1-3H3. The fourth-order valence-corrected chi connectivity index (χ4v) is 2.84. The molecular weight excluding hydrogens is 332 g/mol. The molecule has 3 rings (SSSR count). The molecule has 7 nitrogen and oxygen atoms in total. The Balaban J connectivity index is 1.61. The minimum atomic E-state index is -0.0822. The molecule has 1 aliphatic rings. The molecular formula is C19H24N4O3. The monoisotopic (exact) mass is 356 g/mol. The molecule has 1 atom stereocenters. The Bertz CT molecular complexity index is 731. The smallest absolute Gasteiger partial charge is 0.255 e. The van der Waals surface area contributed by atoms with Crippen LogP contribution in [0.3, 0.4) is 0 Å². The Hall–Kier alpha value is -2.70. The highest BCUT2D eigenvalue weighted by atomic mass is 16.5. The summed E-state index contributed by atoms with van der Waals surface area (Å²) in [5, 5.41) is 8.03. The Morgan fingerprint density at radius 1 is 1.19 bits per heavy atom. The Labute approximate surface area is 153 Å². The summed E-state index contributed by atoms with van der Waals surface area (Å²) in [6.45, 7) is 6.99. The van der Waals surface area contributed by atoms with E-state index in [4.69, 9.17) is 9.47 Å². The van der Waals surface area contributed by atoms with Crippen LogP contribution in [0.4, 0.5) is 0 Å². The second-order valence-corrected chi connectivity index (χ2v) is 6.70. The molecule has 2 aromatic rings. The van der Waals surface area contributed by atoms with Crippen molar-refractivity contribution in [2.75, 3.05) is 13.1 Å². The van der Waals surface area contributed by atoms with E-state index in [1.807, 2.05) is 26.8 Å². The molecule has 0 N–H and O–H groups in total. The number of hydrogen-bond acceptors (Lipinski definition) is 6. The maximum absolute atomic E-state index is 12.7. The molecule has 1 unspecified atom stereocenters. The number of aryl methyl sites for hydroxylation is 1. The molecule has 7 heteroatoms. The van der Waals surface area contributed by atoms with E-state index in [0.717, 1.165) is 18.5 Å². The van der Waals surface area contributed by atoms with Crippen LogP contribution < -0.4 is 9.47 Å². The molecule has 3 heterocycles. The van der Waals surface area contributed by atoms with Crippen molar-refractivity contribution in [1.82, 2.24) is 20.1 Å². The quantitative estimate of drug-likeness (QED) is 0.820. The lowest BCUT2D eigenvalue weighted by atomic mass is 10.1. The zero-order valence-electron chi connectivity index (χ0n) is 15.4. The number of nitrogens with zero attached hydrogens (tertiary/aromatic N) is 4. The number of carbonyl (C=O) groups is 1. The minimum absolute atomic E-state index is 0.0445. The first-order valence-corrected chi connectivity index (χ1v) is 8.90. The molecule has 1 fully saturated rings. The number of ether oxygens (including phenoxy) is 2. The second-order valence-electron chi connectivity index (χ2n) is 6.70. The van der Waals surface area contributed by atoms with Gasteiger partial charge in [-0.15, -0.1) is 5.10 Å². The van der Waals surface area contributed by atoms with E-state index < -0.39 is 0 Å². The van der Waals surface area contributed by atoms with Crippen molar-refractivity contribution < 1.29 is 14.3 Å². The summed E-state index contributed by atoms with van der Waals surface area (Å²) in [6.07, 6.45) is 3.31. The van der Waals surface area contributed by atoms with Crippen molar-refractivity contribution in [2.24, 2.45) is 0 Å². The second kappa shape index (κ2) is 8.12. The molecule has 26 heavy (non-hydrogen) atoms. The van der Waals surface area contributed by atoms with Crippen LogP contribution in [0.2, 0.25) is 0 Å². The van der Waals surface area contributed by atoms with Crippen molar-refractivity contribution in [3.05, 3.63) is 41.7 Å². The third-order valence-electron chi connectivity index (χ3n) is 4.07. The van der Waals surface area contributed by atoms with Crippen molar-refractivity contribution in [2.45, 2.75) is 45.8 Å². The van der Waals surface area contributed by atoms with Crippen LogP contribution in [0.15, 0.2) is 30.5 Å². The third-order valence-corrected chi connectivity index (χ3v) is 4.07. The van der Waals surface area contributed by atoms with Gasteiger partial charge >= 0.3 is 0 Å². The van der Waals surface area contributed by atoms with Gasteiger partial charge in [-0.2, -0.15) is 5.10 Å². The predicted molar refractivity (Wildman–Crippen MR) is 96.3 cm³/mol. The van der Waals surface area contributed by atoms with Crippen LogP contribution in [-0.4, -0.2) is 51.3 Å². The van der Waals surface area contributed by atoms with Crippen LogP contribution in [0, 0.1) is 6.92 Å². The van der Waals surface area contributed by atoms with Gasteiger partial charge in [0.2, 0.25) is 11.8 Å².